The highest BCUT2D eigenvalue weighted by Gasteiger charge is 2.22. The normalized spacial score (nSPS) is 15.4. The summed E-state index contributed by atoms with van der Waals surface area (Å²) in [5.41, 5.74) is 3.16. The fraction of sp³-hybridized carbons (Fsp3) is 0.393. The molecule has 184 valence electrons. The van der Waals surface area contributed by atoms with Gasteiger partial charge in [0.25, 0.3) is 0 Å². The summed E-state index contributed by atoms with van der Waals surface area (Å²) < 4.78 is 2.01. The maximum Gasteiger partial charge on any atom is 0.224 e. The van der Waals surface area contributed by atoms with E-state index in [4.69, 9.17) is 0 Å². The topological polar surface area (TPSA) is 61.7 Å². The van der Waals surface area contributed by atoms with Crippen molar-refractivity contribution in [3.05, 3.63) is 83.9 Å². The fourth-order valence-electron chi connectivity index (χ4n) is 4.69. The number of hydrogen-bond donors (Lipinski definition) is 0. The van der Waals surface area contributed by atoms with Gasteiger partial charge in [0.15, 0.2) is 0 Å². The van der Waals surface area contributed by atoms with Gasteiger partial charge in [-0.05, 0) is 30.5 Å². The van der Waals surface area contributed by atoms with E-state index in [0.29, 0.717) is 32.6 Å². The van der Waals surface area contributed by atoms with Gasteiger partial charge in [0.1, 0.15) is 5.82 Å². The molecule has 0 fully saturated rings. The van der Waals surface area contributed by atoms with Gasteiger partial charge in [-0.25, -0.2) is 4.98 Å². The second kappa shape index (κ2) is 11.8. The Morgan fingerprint density at radius 3 is 2.46 bits per heavy atom. The van der Waals surface area contributed by atoms with Crippen LogP contribution in [0.15, 0.2) is 67.0 Å². The lowest BCUT2D eigenvalue weighted by Gasteiger charge is -2.28. The third-order valence-electron chi connectivity index (χ3n) is 6.66. The number of imidazole rings is 1. The van der Waals surface area contributed by atoms with Gasteiger partial charge >= 0.3 is 0 Å². The zero-order valence-corrected chi connectivity index (χ0v) is 20.8. The molecule has 2 aromatic carbocycles. The zero-order chi connectivity index (χ0) is 24.6. The van der Waals surface area contributed by atoms with Crippen molar-refractivity contribution >= 4 is 17.5 Å². The van der Waals surface area contributed by atoms with Crippen molar-refractivity contribution in [3.63, 3.8) is 0 Å². The van der Waals surface area contributed by atoms with Crippen molar-refractivity contribution in [2.45, 2.75) is 46.3 Å². The fourth-order valence-corrected chi connectivity index (χ4v) is 4.69. The Balaban J connectivity index is 1.57. The van der Waals surface area contributed by atoms with Crippen LogP contribution in [0.2, 0.25) is 0 Å². The number of hydrogen-bond acceptors (Lipinski definition) is 4. The Labute approximate surface area is 208 Å². The van der Waals surface area contributed by atoms with Gasteiger partial charge in [-0.3, -0.25) is 14.5 Å². The summed E-state index contributed by atoms with van der Waals surface area (Å²) in [4.78, 5) is 36.5. The molecule has 7 nitrogen and oxygen atoms in total. The molecule has 0 bridgehead atoms. The van der Waals surface area contributed by atoms with Crippen molar-refractivity contribution in [2.75, 3.05) is 31.1 Å². The molecule has 1 aliphatic rings. The first-order valence-corrected chi connectivity index (χ1v) is 12.4. The molecule has 2 heterocycles. The van der Waals surface area contributed by atoms with Gasteiger partial charge in [-0.1, -0.05) is 48.5 Å². The van der Waals surface area contributed by atoms with Crippen LogP contribution in [0.5, 0.6) is 0 Å². The van der Waals surface area contributed by atoms with E-state index in [1.54, 1.807) is 13.1 Å². The maximum absolute atomic E-state index is 13.4. The van der Waals surface area contributed by atoms with Gasteiger partial charge in [0.05, 0.1) is 0 Å². The first-order valence-electron chi connectivity index (χ1n) is 12.4. The summed E-state index contributed by atoms with van der Waals surface area (Å²) in [6, 6.07) is 18.4. The number of aryl methyl sites for hydroxylation is 2. The molecule has 0 atom stereocenters. The van der Waals surface area contributed by atoms with Gasteiger partial charge in [0, 0.05) is 77.2 Å². The number of carbonyl (C=O) groups excluding carboxylic acids is 2. The molecule has 4 rings (SSSR count). The molecule has 2 amide bonds. The van der Waals surface area contributed by atoms with Crippen LogP contribution in [0, 0.1) is 6.92 Å². The average molecular weight is 474 g/mol. The number of anilines is 1. The predicted octanol–water partition coefficient (Wildman–Crippen LogP) is 3.87. The highest BCUT2D eigenvalue weighted by molar-refractivity contribution is 5.92. The average Bonchev–Trinajstić information content (AvgIpc) is 3.26. The third-order valence-corrected chi connectivity index (χ3v) is 6.66. The van der Waals surface area contributed by atoms with E-state index < -0.39 is 0 Å². The second-order valence-electron chi connectivity index (χ2n) is 9.15. The SMILES string of the molecule is CC(=O)N1CCCN(Cc2ccccc2)CCN(C(=O)CCn2ccnc2C)Cc2ccccc21. The maximum atomic E-state index is 13.4. The van der Waals surface area contributed by atoms with Gasteiger partial charge in [-0.15, -0.1) is 0 Å². The molecular weight excluding hydrogens is 438 g/mol. The van der Waals surface area contributed by atoms with Crippen LogP contribution < -0.4 is 4.90 Å². The van der Waals surface area contributed by atoms with E-state index in [-0.39, 0.29) is 11.8 Å². The Morgan fingerprint density at radius 2 is 1.71 bits per heavy atom. The van der Waals surface area contributed by atoms with E-state index >= 15 is 0 Å². The van der Waals surface area contributed by atoms with Gasteiger partial charge in [-0.2, -0.15) is 0 Å². The van der Waals surface area contributed by atoms with E-state index in [0.717, 1.165) is 43.1 Å². The minimum atomic E-state index is 0.0276. The Bertz CT molecular complexity index is 1130. The summed E-state index contributed by atoms with van der Waals surface area (Å²) in [5, 5.41) is 0. The molecule has 0 saturated carbocycles. The molecule has 7 heteroatoms. The van der Waals surface area contributed by atoms with Crippen LogP contribution in [0.1, 0.15) is 36.7 Å². The summed E-state index contributed by atoms with van der Waals surface area (Å²) in [6.07, 6.45) is 4.96. The van der Waals surface area contributed by atoms with Crippen LogP contribution in [0.3, 0.4) is 0 Å². The lowest BCUT2D eigenvalue weighted by molar-refractivity contribution is -0.132. The highest BCUT2D eigenvalue weighted by atomic mass is 16.2. The van der Waals surface area contributed by atoms with Gasteiger partial charge in [0.2, 0.25) is 11.8 Å². The largest absolute Gasteiger partial charge is 0.337 e. The number of fused-ring (bicyclic) bond motifs is 1. The molecule has 0 saturated heterocycles. The summed E-state index contributed by atoms with van der Waals surface area (Å²) in [6.45, 7) is 8.43. The first-order chi connectivity index (χ1) is 17.0. The molecule has 1 aromatic heterocycles. The van der Waals surface area contributed by atoms with Crippen molar-refractivity contribution < 1.29 is 9.59 Å². The number of benzene rings is 2. The number of para-hydroxylation sites is 1. The number of amides is 2. The summed E-state index contributed by atoms with van der Waals surface area (Å²) >= 11 is 0. The van der Waals surface area contributed by atoms with Crippen LogP contribution in [0.4, 0.5) is 5.69 Å². The molecule has 0 N–H and O–H groups in total. The molecule has 0 radical (unpaired) electrons. The lowest BCUT2D eigenvalue weighted by atomic mass is 10.1. The minimum Gasteiger partial charge on any atom is -0.337 e. The van der Waals surface area contributed by atoms with E-state index in [2.05, 4.69) is 34.1 Å². The van der Waals surface area contributed by atoms with Crippen LogP contribution in [-0.4, -0.2) is 57.3 Å². The summed E-state index contributed by atoms with van der Waals surface area (Å²) in [5.74, 6) is 1.05. The van der Waals surface area contributed by atoms with Crippen molar-refractivity contribution in [2.24, 2.45) is 0 Å². The summed E-state index contributed by atoms with van der Waals surface area (Å²) in [7, 11) is 0. The Morgan fingerprint density at radius 1 is 0.943 bits per heavy atom. The number of carbonyl (C=O) groups is 2. The van der Waals surface area contributed by atoms with Gasteiger partial charge < -0.3 is 14.4 Å². The highest BCUT2D eigenvalue weighted by Crippen LogP contribution is 2.24. The van der Waals surface area contributed by atoms with E-state index in [1.807, 2.05) is 57.8 Å². The second-order valence-corrected chi connectivity index (χ2v) is 9.15. The molecular formula is C28H35N5O2. The molecule has 1 aliphatic heterocycles. The molecule has 0 aliphatic carbocycles. The van der Waals surface area contributed by atoms with Crippen LogP contribution >= 0.6 is 0 Å². The monoisotopic (exact) mass is 473 g/mol. The smallest absolute Gasteiger partial charge is 0.224 e. The molecule has 3 aromatic rings. The lowest BCUT2D eigenvalue weighted by Crippen LogP contribution is -2.38. The third kappa shape index (κ3) is 6.57. The quantitative estimate of drug-likeness (QED) is 0.564. The van der Waals surface area contributed by atoms with Crippen molar-refractivity contribution in [1.82, 2.24) is 19.4 Å². The Kier molecular flexibility index (Phi) is 8.32. The molecule has 35 heavy (non-hydrogen) atoms. The first kappa shape index (κ1) is 24.7. The Hall–Kier alpha value is -3.45. The zero-order valence-electron chi connectivity index (χ0n) is 20.8. The predicted molar refractivity (Wildman–Crippen MR) is 138 cm³/mol. The van der Waals surface area contributed by atoms with Crippen LogP contribution in [0.25, 0.3) is 0 Å². The number of rotatable bonds is 5. The van der Waals surface area contributed by atoms with Crippen LogP contribution in [-0.2, 0) is 29.2 Å². The molecule has 0 spiro atoms. The van der Waals surface area contributed by atoms with Crippen molar-refractivity contribution in [3.8, 4) is 0 Å². The molecule has 0 unspecified atom stereocenters. The number of nitrogens with zero attached hydrogens (tertiary/aromatic N) is 5. The van der Waals surface area contributed by atoms with Crippen molar-refractivity contribution in [1.29, 1.82) is 0 Å². The standard InChI is InChI=1S/C28H35N5O2/c1-23-29-14-18-31(23)17-13-28(35)32-20-19-30(21-25-9-4-3-5-10-25)15-8-16-33(24(2)34)27-12-7-6-11-26(27)22-32/h3-7,9-12,14,18H,8,13,15-17,19-22H2,1-2H3. The minimum absolute atomic E-state index is 0.0276. The van der Waals surface area contributed by atoms with E-state index in [1.165, 1.54) is 5.56 Å². The number of aromatic nitrogens is 2. The van der Waals surface area contributed by atoms with E-state index in [9.17, 15) is 9.59 Å².